The van der Waals surface area contributed by atoms with Gasteiger partial charge in [-0.15, -0.1) is 0 Å². The number of phenolic OH excluding ortho intramolecular Hbond substituents is 1. The van der Waals surface area contributed by atoms with E-state index in [1.165, 1.54) is 12.3 Å². The second kappa shape index (κ2) is 10.7. The number of hydrazone groups is 1. The number of anilines is 1. The fourth-order valence-electron chi connectivity index (χ4n) is 2.38. The van der Waals surface area contributed by atoms with E-state index >= 15 is 0 Å². The molecule has 0 heterocycles. The van der Waals surface area contributed by atoms with Gasteiger partial charge in [0.25, 0.3) is 5.91 Å². The summed E-state index contributed by atoms with van der Waals surface area (Å²) in [6, 6.07) is 11.4. The predicted octanol–water partition coefficient (Wildman–Crippen LogP) is 3.68. The molecule has 2 amide bonds. The Labute approximate surface area is 164 Å². The average Bonchev–Trinajstić information content (AvgIpc) is 2.69. The summed E-state index contributed by atoms with van der Waals surface area (Å²) in [5, 5.41) is 16.4. The van der Waals surface area contributed by atoms with Gasteiger partial charge in [-0.3, -0.25) is 9.59 Å². The molecule has 0 saturated carbocycles. The molecule has 0 unspecified atom stereocenters. The maximum Gasteiger partial charge on any atom is 0.271 e. The normalized spacial score (nSPS) is 10.6. The quantitative estimate of drug-likeness (QED) is 0.454. The van der Waals surface area contributed by atoms with Crippen LogP contribution in [0.15, 0.2) is 47.6 Å². The van der Waals surface area contributed by atoms with Gasteiger partial charge in [0.05, 0.1) is 12.8 Å². The highest BCUT2D eigenvalue weighted by atomic mass is 16.5. The Kier molecular flexibility index (Phi) is 8.02. The van der Waals surface area contributed by atoms with Crippen molar-refractivity contribution in [1.82, 2.24) is 5.43 Å². The summed E-state index contributed by atoms with van der Waals surface area (Å²) in [6.07, 6.45) is 3.75. The van der Waals surface area contributed by atoms with E-state index in [0.717, 1.165) is 12.8 Å². The number of ether oxygens (including phenoxy) is 1. The number of hydrogen-bond acceptors (Lipinski definition) is 5. The first kappa shape index (κ1) is 21.0. The number of carbonyl (C=O) groups is 2. The van der Waals surface area contributed by atoms with Crippen LogP contribution in [-0.2, 0) is 4.79 Å². The van der Waals surface area contributed by atoms with Crippen molar-refractivity contribution < 1.29 is 19.4 Å². The van der Waals surface area contributed by atoms with E-state index < -0.39 is 0 Å². The van der Waals surface area contributed by atoms with Crippen LogP contribution < -0.4 is 15.5 Å². The van der Waals surface area contributed by atoms with Crippen molar-refractivity contribution in [3.63, 3.8) is 0 Å². The van der Waals surface area contributed by atoms with E-state index in [0.29, 0.717) is 35.6 Å². The maximum absolute atomic E-state index is 12.2. The highest BCUT2D eigenvalue weighted by molar-refractivity contribution is 5.96. The molecule has 7 heteroatoms. The molecule has 0 saturated heterocycles. The molecular formula is C21H25N3O4. The van der Waals surface area contributed by atoms with Gasteiger partial charge in [0.15, 0.2) is 11.5 Å². The van der Waals surface area contributed by atoms with Gasteiger partial charge in [0, 0.05) is 17.7 Å². The fraction of sp³-hybridized carbons (Fsp3) is 0.286. The molecule has 0 aliphatic rings. The second-order valence-corrected chi connectivity index (χ2v) is 6.09. The predicted molar refractivity (Wildman–Crippen MR) is 109 cm³/mol. The largest absolute Gasteiger partial charge is 0.504 e. The Balaban J connectivity index is 1.91. The van der Waals surface area contributed by atoms with Gasteiger partial charge in [-0.25, -0.2) is 5.43 Å². The lowest BCUT2D eigenvalue weighted by Crippen LogP contribution is -2.17. The zero-order chi connectivity index (χ0) is 20.4. The highest BCUT2D eigenvalue weighted by Crippen LogP contribution is 2.26. The van der Waals surface area contributed by atoms with Crippen LogP contribution in [0.25, 0.3) is 0 Å². The van der Waals surface area contributed by atoms with Gasteiger partial charge in [-0.2, -0.15) is 5.10 Å². The monoisotopic (exact) mass is 383 g/mol. The number of phenols is 1. The van der Waals surface area contributed by atoms with E-state index in [1.54, 1.807) is 36.4 Å². The first-order valence-electron chi connectivity index (χ1n) is 9.22. The topological polar surface area (TPSA) is 100 Å². The van der Waals surface area contributed by atoms with Gasteiger partial charge < -0.3 is 15.2 Å². The smallest absolute Gasteiger partial charge is 0.271 e. The molecule has 2 aromatic rings. The minimum Gasteiger partial charge on any atom is -0.504 e. The number of nitrogens with zero attached hydrogens (tertiary/aromatic N) is 1. The van der Waals surface area contributed by atoms with Gasteiger partial charge in [-0.05, 0) is 61.4 Å². The van der Waals surface area contributed by atoms with Crippen molar-refractivity contribution in [2.24, 2.45) is 5.10 Å². The summed E-state index contributed by atoms with van der Waals surface area (Å²) in [4.78, 5) is 23.9. The lowest BCUT2D eigenvalue weighted by atomic mass is 10.2. The van der Waals surface area contributed by atoms with Crippen LogP contribution in [0.4, 0.5) is 5.69 Å². The van der Waals surface area contributed by atoms with Crippen LogP contribution >= 0.6 is 0 Å². The lowest BCUT2D eigenvalue weighted by Gasteiger charge is -2.06. The first-order valence-corrected chi connectivity index (χ1v) is 9.22. The molecule has 2 aromatic carbocycles. The fourth-order valence-corrected chi connectivity index (χ4v) is 2.38. The number of aromatic hydroxyl groups is 1. The molecule has 28 heavy (non-hydrogen) atoms. The maximum atomic E-state index is 12.2. The van der Waals surface area contributed by atoms with Crippen LogP contribution in [-0.4, -0.2) is 29.7 Å². The summed E-state index contributed by atoms with van der Waals surface area (Å²) in [7, 11) is 0. The average molecular weight is 383 g/mol. The Bertz CT molecular complexity index is 832. The zero-order valence-corrected chi connectivity index (χ0v) is 16.1. The molecule has 0 bridgehead atoms. The van der Waals surface area contributed by atoms with E-state index in [1.807, 2.05) is 13.8 Å². The van der Waals surface area contributed by atoms with Crippen molar-refractivity contribution in [3.05, 3.63) is 53.6 Å². The summed E-state index contributed by atoms with van der Waals surface area (Å²) < 4.78 is 5.31. The van der Waals surface area contributed by atoms with E-state index in [9.17, 15) is 14.7 Å². The molecule has 0 aliphatic carbocycles. The van der Waals surface area contributed by atoms with Gasteiger partial charge in [0.2, 0.25) is 5.91 Å². The molecule has 0 aromatic heterocycles. The van der Waals surface area contributed by atoms with Gasteiger partial charge in [-0.1, -0.05) is 13.3 Å². The third-order valence-corrected chi connectivity index (χ3v) is 3.85. The number of hydrogen-bond donors (Lipinski definition) is 3. The number of benzene rings is 2. The van der Waals surface area contributed by atoms with Gasteiger partial charge >= 0.3 is 0 Å². The third kappa shape index (κ3) is 6.42. The minimum atomic E-state index is -0.371. The Morgan fingerprint density at radius 1 is 1.14 bits per heavy atom. The number of unbranched alkanes of at least 4 members (excludes halogenated alkanes) is 1. The lowest BCUT2D eigenvalue weighted by molar-refractivity contribution is -0.116. The second-order valence-electron chi connectivity index (χ2n) is 6.09. The summed E-state index contributed by atoms with van der Waals surface area (Å²) in [6.45, 7) is 4.28. The standard InChI is InChI=1S/C21H25N3O4/c1-3-5-6-20(26)23-17-10-8-16(9-11-17)21(27)24-22-14-15-7-12-18(25)19(13-15)28-4-2/h7-14,25H,3-6H2,1-2H3,(H,23,26)(H,24,27)/b22-14+. The Hall–Kier alpha value is -3.35. The highest BCUT2D eigenvalue weighted by Gasteiger charge is 2.06. The van der Waals surface area contributed by atoms with Crippen molar-refractivity contribution >= 4 is 23.7 Å². The number of amides is 2. The summed E-state index contributed by atoms with van der Waals surface area (Å²) in [5.74, 6) is -0.00727. The van der Waals surface area contributed by atoms with Crippen LogP contribution in [0.3, 0.4) is 0 Å². The summed E-state index contributed by atoms with van der Waals surface area (Å²) >= 11 is 0. The molecule has 2 rings (SSSR count). The van der Waals surface area contributed by atoms with Crippen molar-refractivity contribution in [3.8, 4) is 11.5 Å². The molecule has 7 nitrogen and oxygen atoms in total. The molecule has 148 valence electrons. The molecule has 0 atom stereocenters. The van der Waals surface area contributed by atoms with E-state index in [2.05, 4.69) is 15.8 Å². The van der Waals surface area contributed by atoms with E-state index in [4.69, 9.17) is 4.74 Å². The summed E-state index contributed by atoms with van der Waals surface area (Å²) in [5.41, 5.74) is 4.18. The Morgan fingerprint density at radius 3 is 2.57 bits per heavy atom. The molecule has 0 fully saturated rings. The van der Waals surface area contributed by atoms with Crippen LogP contribution in [0.2, 0.25) is 0 Å². The molecule has 0 radical (unpaired) electrons. The van der Waals surface area contributed by atoms with E-state index in [-0.39, 0.29) is 17.6 Å². The molecule has 0 spiro atoms. The SMILES string of the molecule is CCCCC(=O)Nc1ccc(C(=O)N/N=C/c2ccc(O)c(OCC)c2)cc1. The number of rotatable bonds is 9. The molecule has 3 N–H and O–H groups in total. The zero-order valence-electron chi connectivity index (χ0n) is 16.1. The van der Waals surface area contributed by atoms with Crippen LogP contribution in [0.5, 0.6) is 11.5 Å². The van der Waals surface area contributed by atoms with Crippen molar-refractivity contribution in [1.29, 1.82) is 0 Å². The van der Waals surface area contributed by atoms with Crippen LogP contribution in [0, 0.1) is 0 Å². The minimum absolute atomic E-state index is 0.0380. The first-order chi connectivity index (χ1) is 13.5. The number of nitrogens with one attached hydrogen (secondary N) is 2. The third-order valence-electron chi connectivity index (χ3n) is 3.85. The Morgan fingerprint density at radius 2 is 1.89 bits per heavy atom. The van der Waals surface area contributed by atoms with Crippen molar-refractivity contribution in [2.45, 2.75) is 33.1 Å². The van der Waals surface area contributed by atoms with Crippen molar-refractivity contribution in [2.75, 3.05) is 11.9 Å². The molecule has 0 aliphatic heterocycles. The number of carbonyl (C=O) groups excluding carboxylic acids is 2. The molecular weight excluding hydrogens is 358 g/mol. The van der Waals surface area contributed by atoms with Crippen LogP contribution in [0.1, 0.15) is 49.0 Å². The van der Waals surface area contributed by atoms with Gasteiger partial charge in [0.1, 0.15) is 0 Å².